The Labute approximate surface area is 234 Å². The summed E-state index contributed by atoms with van der Waals surface area (Å²) in [5.41, 5.74) is 9.03. The molecule has 1 amide bonds. The van der Waals surface area contributed by atoms with Gasteiger partial charge in [-0.2, -0.15) is 0 Å². The van der Waals surface area contributed by atoms with Gasteiger partial charge in [-0.1, -0.05) is 0 Å². The van der Waals surface area contributed by atoms with E-state index in [4.69, 9.17) is 10.7 Å². The van der Waals surface area contributed by atoms with Crippen LogP contribution in [-0.4, -0.2) is 72.9 Å². The van der Waals surface area contributed by atoms with Gasteiger partial charge in [-0.05, 0) is 69.1 Å². The second kappa shape index (κ2) is 12.1. The Kier molecular flexibility index (Phi) is 8.42. The molecule has 206 valence electrons. The van der Waals surface area contributed by atoms with Gasteiger partial charge in [-0.25, -0.2) is 9.97 Å². The minimum absolute atomic E-state index is 0.232. The molecule has 2 aliphatic heterocycles. The van der Waals surface area contributed by atoms with Gasteiger partial charge < -0.3 is 25.8 Å². The zero-order valence-electron chi connectivity index (χ0n) is 22.7. The van der Waals surface area contributed by atoms with E-state index in [9.17, 15) is 9.59 Å². The van der Waals surface area contributed by atoms with Crippen LogP contribution in [0.4, 0.5) is 23.0 Å². The average molecular weight is 548 g/mol. The number of carbonyl (C=O) groups is 2. The fraction of sp³-hybridized carbons (Fsp3) is 0.448. The molecule has 2 aliphatic rings. The molecule has 9 nitrogen and oxygen atoms in total. The monoisotopic (exact) mass is 547 g/mol. The van der Waals surface area contributed by atoms with Gasteiger partial charge in [-0.3, -0.25) is 9.59 Å². The third-order valence-corrected chi connectivity index (χ3v) is 8.49. The van der Waals surface area contributed by atoms with Gasteiger partial charge in [0.2, 0.25) is 0 Å². The number of anilines is 4. The normalized spacial score (nSPS) is 18.3. The Morgan fingerprint density at radius 3 is 2.49 bits per heavy atom. The third-order valence-electron chi connectivity index (χ3n) is 7.52. The lowest BCUT2D eigenvalue weighted by molar-refractivity contribution is -0.119. The van der Waals surface area contributed by atoms with Gasteiger partial charge in [0.05, 0.1) is 12.0 Å². The first kappa shape index (κ1) is 27.1. The van der Waals surface area contributed by atoms with Crippen molar-refractivity contribution in [3.8, 4) is 0 Å². The number of piperidine rings is 1. The standard InChI is InChI=1S/C29H37N7O2S/c1-20-19-39-27(31-20)17-24(37)16-21-4-3-11-36(18-21)26-10-9-25(28(30)38)29(33-26)32-22-5-7-23(8-6-22)35-14-12-34(2)13-15-35/h5-10,19,21H,3-4,11-18H2,1-2H3,(H2,30,38)(H,32,33)/t21-/m0/s1. The van der Waals surface area contributed by atoms with Crippen molar-refractivity contribution in [2.24, 2.45) is 11.7 Å². The van der Waals surface area contributed by atoms with Crippen LogP contribution in [-0.2, 0) is 11.2 Å². The molecule has 39 heavy (non-hydrogen) atoms. The highest BCUT2D eigenvalue weighted by atomic mass is 32.1. The lowest BCUT2D eigenvalue weighted by Gasteiger charge is -2.34. The molecule has 2 aromatic heterocycles. The summed E-state index contributed by atoms with van der Waals surface area (Å²) in [4.78, 5) is 41.1. The van der Waals surface area contributed by atoms with Gasteiger partial charge in [0.25, 0.3) is 5.91 Å². The molecule has 0 spiro atoms. The summed E-state index contributed by atoms with van der Waals surface area (Å²) in [7, 11) is 2.15. The van der Waals surface area contributed by atoms with E-state index in [0.717, 1.165) is 74.3 Å². The number of primary amides is 1. The van der Waals surface area contributed by atoms with E-state index in [2.05, 4.69) is 44.2 Å². The summed E-state index contributed by atoms with van der Waals surface area (Å²) in [6.45, 7) is 7.68. The predicted molar refractivity (Wildman–Crippen MR) is 157 cm³/mol. The first-order valence-corrected chi connectivity index (χ1v) is 14.5. The Morgan fingerprint density at radius 2 is 1.79 bits per heavy atom. The van der Waals surface area contributed by atoms with Crippen LogP contribution in [0.1, 0.15) is 40.3 Å². The largest absolute Gasteiger partial charge is 0.369 e. The number of carbonyl (C=O) groups excluding carboxylic acids is 2. The van der Waals surface area contributed by atoms with E-state index in [1.54, 1.807) is 17.4 Å². The van der Waals surface area contributed by atoms with Gasteiger partial charge >= 0.3 is 0 Å². The number of benzene rings is 1. The number of hydrogen-bond acceptors (Lipinski definition) is 9. The van der Waals surface area contributed by atoms with Crippen LogP contribution < -0.4 is 20.9 Å². The second-order valence-corrected chi connectivity index (χ2v) is 11.6. The first-order valence-electron chi connectivity index (χ1n) is 13.6. The molecule has 3 aromatic rings. The smallest absolute Gasteiger partial charge is 0.252 e. The van der Waals surface area contributed by atoms with E-state index in [1.807, 2.05) is 30.5 Å². The van der Waals surface area contributed by atoms with Crippen LogP contribution in [0.3, 0.4) is 0 Å². The fourth-order valence-electron chi connectivity index (χ4n) is 5.36. The number of nitrogens with two attached hydrogens (primary N) is 1. The highest BCUT2D eigenvalue weighted by molar-refractivity contribution is 7.09. The molecule has 1 atom stereocenters. The molecule has 10 heteroatoms. The van der Waals surface area contributed by atoms with Gasteiger partial charge in [0.1, 0.15) is 22.4 Å². The summed E-state index contributed by atoms with van der Waals surface area (Å²) < 4.78 is 0. The lowest BCUT2D eigenvalue weighted by Crippen LogP contribution is -2.44. The molecule has 0 radical (unpaired) electrons. The van der Waals surface area contributed by atoms with E-state index in [0.29, 0.717) is 24.2 Å². The van der Waals surface area contributed by atoms with Gasteiger partial charge in [0, 0.05) is 68.1 Å². The molecule has 0 saturated carbocycles. The number of hydrogen-bond donors (Lipinski definition) is 2. The first-order chi connectivity index (χ1) is 18.8. The SMILES string of the molecule is Cc1csc(CC(=O)C[C@@H]2CCCN(c3ccc(C(N)=O)c(Nc4ccc(N5CCN(C)CC5)cc4)n3)C2)n1. The van der Waals surface area contributed by atoms with Crippen LogP contribution >= 0.6 is 11.3 Å². The minimum atomic E-state index is -0.523. The number of nitrogens with one attached hydrogen (secondary N) is 1. The summed E-state index contributed by atoms with van der Waals surface area (Å²) >= 11 is 1.55. The molecule has 1 aromatic carbocycles. The number of pyridine rings is 1. The van der Waals surface area contributed by atoms with Crippen LogP contribution in [0.5, 0.6) is 0 Å². The maximum Gasteiger partial charge on any atom is 0.252 e. The molecule has 4 heterocycles. The average Bonchev–Trinajstić information content (AvgIpc) is 3.33. The summed E-state index contributed by atoms with van der Waals surface area (Å²) in [6.07, 6.45) is 2.95. The Hall–Kier alpha value is -3.50. The van der Waals surface area contributed by atoms with Crippen molar-refractivity contribution in [3.05, 3.63) is 58.0 Å². The van der Waals surface area contributed by atoms with Crippen LogP contribution in [0.25, 0.3) is 0 Å². The predicted octanol–water partition coefficient (Wildman–Crippen LogP) is 3.86. The molecule has 2 fully saturated rings. The molecule has 5 rings (SSSR count). The van der Waals surface area contributed by atoms with Crippen molar-refractivity contribution in [2.75, 3.05) is 61.4 Å². The van der Waals surface area contributed by atoms with Gasteiger partial charge in [-0.15, -0.1) is 11.3 Å². The quantitative estimate of drug-likeness (QED) is 0.416. The Balaban J connectivity index is 1.25. The van der Waals surface area contributed by atoms with E-state index in [1.165, 1.54) is 5.69 Å². The molecule has 2 saturated heterocycles. The second-order valence-electron chi connectivity index (χ2n) is 10.6. The van der Waals surface area contributed by atoms with Crippen LogP contribution in [0, 0.1) is 12.8 Å². The topological polar surface area (TPSA) is 108 Å². The highest BCUT2D eigenvalue weighted by Crippen LogP contribution is 2.29. The van der Waals surface area contributed by atoms with Crippen molar-refractivity contribution < 1.29 is 9.59 Å². The molecule has 3 N–H and O–H groups in total. The number of Topliss-reactive ketones (excluding diaryl/α,β-unsaturated/α-hetero) is 1. The van der Waals surface area contributed by atoms with Crippen molar-refractivity contribution in [2.45, 2.75) is 32.6 Å². The number of rotatable bonds is 9. The number of aryl methyl sites for hydroxylation is 1. The molecule has 0 aliphatic carbocycles. The maximum absolute atomic E-state index is 12.7. The Morgan fingerprint density at radius 1 is 1.03 bits per heavy atom. The number of likely N-dealkylation sites (N-methyl/N-ethyl adjacent to an activating group) is 1. The molecule has 0 unspecified atom stereocenters. The van der Waals surface area contributed by atoms with Crippen LogP contribution in [0.15, 0.2) is 41.8 Å². The van der Waals surface area contributed by atoms with E-state index < -0.39 is 5.91 Å². The summed E-state index contributed by atoms with van der Waals surface area (Å²) in [5, 5.41) is 6.19. The van der Waals surface area contributed by atoms with Gasteiger partial charge in [0.15, 0.2) is 0 Å². The number of piperazine rings is 1. The number of amides is 1. The molecule has 0 bridgehead atoms. The third kappa shape index (κ3) is 6.93. The number of ketones is 1. The molecular formula is C29H37N7O2S. The van der Waals surface area contributed by atoms with Crippen molar-refractivity contribution in [1.82, 2.24) is 14.9 Å². The fourth-order valence-corrected chi connectivity index (χ4v) is 6.16. The number of nitrogens with zero attached hydrogens (tertiary/aromatic N) is 5. The van der Waals surface area contributed by atoms with Crippen molar-refractivity contribution >= 4 is 46.0 Å². The van der Waals surface area contributed by atoms with Crippen molar-refractivity contribution in [3.63, 3.8) is 0 Å². The van der Waals surface area contributed by atoms with Crippen LogP contribution in [0.2, 0.25) is 0 Å². The molecular weight excluding hydrogens is 510 g/mol. The zero-order chi connectivity index (χ0) is 27.4. The Bertz CT molecular complexity index is 1300. The summed E-state index contributed by atoms with van der Waals surface area (Å²) in [6, 6.07) is 11.8. The minimum Gasteiger partial charge on any atom is -0.369 e. The highest BCUT2D eigenvalue weighted by Gasteiger charge is 2.25. The lowest BCUT2D eigenvalue weighted by atomic mass is 9.92. The summed E-state index contributed by atoms with van der Waals surface area (Å²) in [5.74, 6) is 1.21. The number of thiazole rings is 1. The van der Waals surface area contributed by atoms with E-state index >= 15 is 0 Å². The zero-order valence-corrected chi connectivity index (χ0v) is 23.5. The number of aromatic nitrogens is 2. The van der Waals surface area contributed by atoms with Crippen molar-refractivity contribution in [1.29, 1.82) is 0 Å². The van der Waals surface area contributed by atoms with E-state index in [-0.39, 0.29) is 11.7 Å². The maximum atomic E-state index is 12.7.